The summed E-state index contributed by atoms with van der Waals surface area (Å²) >= 11 is 0. The lowest BCUT2D eigenvalue weighted by Crippen LogP contribution is -2.29. The van der Waals surface area contributed by atoms with Crippen LogP contribution in [0.2, 0.25) is 0 Å². The number of esters is 1. The van der Waals surface area contributed by atoms with E-state index in [1.807, 2.05) is 0 Å². The summed E-state index contributed by atoms with van der Waals surface area (Å²) in [4.78, 5) is 23.0. The monoisotopic (exact) mass is 280 g/mol. The van der Waals surface area contributed by atoms with Gasteiger partial charge >= 0.3 is 5.97 Å². The Bertz CT molecular complexity index is 449. The van der Waals surface area contributed by atoms with Crippen molar-refractivity contribution in [2.24, 2.45) is 0 Å². The number of rotatable bonds is 8. The van der Waals surface area contributed by atoms with Gasteiger partial charge in [-0.1, -0.05) is 6.07 Å². The number of methoxy groups -OCH3 is 2. The van der Waals surface area contributed by atoms with Crippen molar-refractivity contribution in [1.29, 1.82) is 0 Å². The summed E-state index contributed by atoms with van der Waals surface area (Å²) in [6.45, 7) is 1.59. The number of benzene rings is 1. The molecule has 1 aromatic rings. The normalized spacial score (nSPS) is 10.1. The Balaban J connectivity index is 2.40. The maximum absolute atomic E-state index is 11.7. The molecule has 0 unspecified atom stereocenters. The first kappa shape index (κ1) is 16.1. The van der Waals surface area contributed by atoms with Crippen LogP contribution in [0.25, 0.3) is 0 Å². The Hall–Kier alpha value is -1.92. The fourth-order valence-corrected chi connectivity index (χ4v) is 1.59. The van der Waals surface area contributed by atoms with Crippen LogP contribution in [0.5, 0.6) is 0 Å². The van der Waals surface area contributed by atoms with E-state index in [4.69, 9.17) is 4.74 Å². The highest BCUT2D eigenvalue weighted by atomic mass is 16.5. The van der Waals surface area contributed by atoms with Crippen molar-refractivity contribution in [3.8, 4) is 0 Å². The summed E-state index contributed by atoms with van der Waals surface area (Å²) in [6.07, 6.45) is 0.849. The molecule has 0 aliphatic carbocycles. The molecular weight excluding hydrogens is 260 g/mol. The van der Waals surface area contributed by atoms with Crippen LogP contribution in [0.1, 0.15) is 16.8 Å². The van der Waals surface area contributed by atoms with E-state index in [1.54, 1.807) is 31.4 Å². The number of carbonyl (C=O) groups is 2. The van der Waals surface area contributed by atoms with Gasteiger partial charge in [0.15, 0.2) is 0 Å². The molecule has 1 aromatic carbocycles. The van der Waals surface area contributed by atoms with Gasteiger partial charge in [0.05, 0.1) is 19.2 Å². The van der Waals surface area contributed by atoms with Gasteiger partial charge in [0.2, 0.25) is 5.91 Å². The summed E-state index contributed by atoms with van der Waals surface area (Å²) in [5.74, 6) is -0.594. The van der Waals surface area contributed by atoms with Gasteiger partial charge in [-0.2, -0.15) is 0 Å². The summed E-state index contributed by atoms with van der Waals surface area (Å²) in [5, 5.41) is 5.72. The predicted octanol–water partition coefficient (Wildman–Crippen LogP) is 1.04. The van der Waals surface area contributed by atoms with Crippen LogP contribution in [0, 0.1) is 0 Å². The fourth-order valence-electron chi connectivity index (χ4n) is 1.59. The van der Waals surface area contributed by atoms with Gasteiger partial charge in [0.1, 0.15) is 0 Å². The third kappa shape index (κ3) is 5.81. The molecule has 0 saturated carbocycles. The molecule has 0 aromatic heterocycles. The van der Waals surface area contributed by atoms with Crippen molar-refractivity contribution in [2.45, 2.75) is 6.42 Å². The van der Waals surface area contributed by atoms with Crippen LogP contribution in [-0.2, 0) is 14.3 Å². The molecule has 0 spiro atoms. The average molecular weight is 280 g/mol. The van der Waals surface area contributed by atoms with Crippen molar-refractivity contribution < 1.29 is 19.1 Å². The highest BCUT2D eigenvalue weighted by molar-refractivity contribution is 5.95. The van der Waals surface area contributed by atoms with Crippen molar-refractivity contribution in [3.05, 3.63) is 29.8 Å². The zero-order valence-corrected chi connectivity index (χ0v) is 11.8. The van der Waals surface area contributed by atoms with E-state index in [0.29, 0.717) is 24.4 Å². The second-order valence-electron chi connectivity index (χ2n) is 4.14. The van der Waals surface area contributed by atoms with Gasteiger partial charge in [0, 0.05) is 19.4 Å². The Morgan fingerprint density at radius 1 is 1.25 bits per heavy atom. The lowest BCUT2D eigenvalue weighted by molar-refractivity contribution is -0.115. The predicted molar refractivity (Wildman–Crippen MR) is 75.8 cm³/mol. The number of carbonyl (C=O) groups excluding carboxylic acids is 2. The fraction of sp³-hybridized carbons (Fsp3) is 0.429. The minimum absolute atomic E-state index is 0.163. The van der Waals surface area contributed by atoms with Gasteiger partial charge in [-0.3, -0.25) is 4.79 Å². The van der Waals surface area contributed by atoms with Crippen LogP contribution < -0.4 is 10.6 Å². The van der Waals surface area contributed by atoms with E-state index in [0.717, 1.165) is 6.42 Å². The number of anilines is 1. The van der Waals surface area contributed by atoms with E-state index in [9.17, 15) is 9.59 Å². The standard InChI is InChI=1S/C14H20N2O4/c1-19-8-4-7-15-10-13(17)16-12-6-3-5-11(9-12)14(18)20-2/h3,5-6,9,15H,4,7-8,10H2,1-2H3,(H,16,17). The van der Waals surface area contributed by atoms with E-state index in [2.05, 4.69) is 15.4 Å². The van der Waals surface area contributed by atoms with Crippen molar-refractivity contribution >= 4 is 17.6 Å². The van der Waals surface area contributed by atoms with Crippen LogP contribution in [0.15, 0.2) is 24.3 Å². The maximum Gasteiger partial charge on any atom is 0.337 e. The first-order chi connectivity index (χ1) is 9.67. The second kappa shape index (κ2) is 9.06. The quantitative estimate of drug-likeness (QED) is 0.549. The first-order valence-electron chi connectivity index (χ1n) is 6.35. The number of hydrogen-bond donors (Lipinski definition) is 2. The van der Waals surface area contributed by atoms with Gasteiger partial charge in [-0.25, -0.2) is 4.79 Å². The third-order valence-electron chi connectivity index (χ3n) is 2.55. The molecule has 1 amide bonds. The van der Waals surface area contributed by atoms with Crippen LogP contribution >= 0.6 is 0 Å². The highest BCUT2D eigenvalue weighted by Gasteiger charge is 2.07. The van der Waals surface area contributed by atoms with Crippen LogP contribution in [0.4, 0.5) is 5.69 Å². The summed E-state index contributed by atoms with van der Waals surface area (Å²) in [5.41, 5.74) is 0.968. The summed E-state index contributed by atoms with van der Waals surface area (Å²) in [6, 6.07) is 6.61. The molecule has 6 nitrogen and oxygen atoms in total. The molecule has 0 aliphatic rings. The highest BCUT2D eigenvalue weighted by Crippen LogP contribution is 2.11. The Kier molecular flexibility index (Phi) is 7.31. The molecule has 0 heterocycles. The Labute approximate surface area is 118 Å². The maximum atomic E-state index is 11.7. The Morgan fingerprint density at radius 3 is 2.75 bits per heavy atom. The topological polar surface area (TPSA) is 76.7 Å². The van der Waals surface area contributed by atoms with Crippen molar-refractivity contribution in [2.75, 3.05) is 39.2 Å². The van der Waals surface area contributed by atoms with E-state index < -0.39 is 5.97 Å². The first-order valence-corrected chi connectivity index (χ1v) is 6.35. The molecule has 0 fully saturated rings. The molecule has 0 saturated heterocycles. The molecule has 6 heteroatoms. The van der Waals surface area contributed by atoms with Crippen LogP contribution in [-0.4, -0.2) is 45.8 Å². The SMILES string of the molecule is COCCCNCC(=O)Nc1cccc(C(=O)OC)c1. The van der Waals surface area contributed by atoms with Gasteiger partial charge < -0.3 is 20.1 Å². The van der Waals surface area contributed by atoms with Crippen molar-refractivity contribution in [3.63, 3.8) is 0 Å². The lowest BCUT2D eigenvalue weighted by atomic mass is 10.2. The molecule has 0 atom stereocenters. The Morgan fingerprint density at radius 2 is 2.05 bits per heavy atom. The molecule has 0 bridgehead atoms. The molecule has 0 radical (unpaired) electrons. The zero-order valence-electron chi connectivity index (χ0n) is 11.8. The zero-order chi connectivity index (χ0) is 14.8. The largest absolute Gasteiger partial charge is 0.465 e. The molecular formula is C14H20N2O4. The number of amides is 1. The van der Waals surface area contributed by atoms with Crippen LogP contribution in [0.3, 0.4) is 0 Å². The number of ether oxygens (including phenoxy) is 2. The van der Waals surface area contributed by atoms with Gasteiger partial charge in [0.25, 0.3) is 0 Å². The van der Waals surface area contributed by atoms with E-state index in [-0.39, 0.29) is 12.5 Å². The summed E-state index contributed by atoms with van der Waals surface area (Å²) in [7, 11) is 2.96. The molecule has 0 aliphatic heterocycles. The van der Waals surface area contributed by atoms with E-state index in [1.165, 1.54) is 7.11 Å². The molecule has 1 rings (SSSR count). The number of hydrogen-bond acceptors (Lipinski definition) is 5. The lowest BCUT2D eigenvalue weighted by Gasteiger charge is -2.07. The van der Waals surface area contributed by atoms with Gasteiger partial charge in [-0.15, -0.1) is 0 Å². The number of nitrogens with one attached hydrogen (secondary N) is 2. The summed E-state index contributed by atoms with van der Waals surface area (Å²) < 4.78 is 9.53. The molecule has 2 N–H and O–H groups in total. The van der Waals surface area contributed by atoms with E-state index >= 15 is 0 Å². The minimum Gasteiger partial charge on any atom is -0.465 e. The smallest absolute Gasteiger partial charge is 0.337 e. The second-order valence-corrected chi connectivity index (χ2v) is 4.14. The van der Waals surface area contributed by atoms with Crippen molar-refractivity contribution in [1.82, 2.24) is 5.32 Å². The minimum atomic E-state index is -0.432. The van der Waals surface area contributed by atoms with Gasteiger partial charge in [-0.05, 0) is 31.2 Å². The average Bonchev–Trinajstić information content (AvgIpc) is 2.46. The molecule has 20 heavy (non-hydrogen) atoms. The molecule has 110 valence electrons. The third-order valence-corrected chi connectivity index (χ3v) is 2.55.